The summed E-state index contributed by atoms with van der Waals surface area (Å²) in [7, 11) is 3.05. The number of methoxy groups -OCH3 is 2. The second-order valence-electron chi connectivity index (χ2n) is 5.31. The molecule has 0 bridgehead atoms. The van der Waals surface area contributed by atoms with Crippen molar-refractivity contribution in [3.63, 3.8) is 0 Å². The Labute approximate surface area is 144 Å². The van der Waals surface area contributed by atoms with Gasteiger partial charge in [0.15, 0.2) is 28.8 Å². The minimum atomic E-state index is -0.613. The maximum atomic E-state index is 14.2. The van der Waals surface area contributed by atoms with Crippen LogP contribution in [0, 0.1) is 5.82 Å². The summed E-state index contributed by atoms with van der Waals surface area (Å²) in [4.78, 5) is 16.0. The van der Waals surface area contributed by atoms with Crippen LogP contribution in [0.4, 0.5) is 4.39 Å². The van der Waals surface area contributed by atoms with E-state index in [9.17, 15) is 9.18 Å². The van der Waals surface area contributed by atoms with Gasteiger partial charge in [-0.15, -0.1) is 0 Å². The van der Waals surface area contributed by atoms with Gasteiger partial charge >= 0.3 is 0 Å². The molecule has 0 saturated carbocycles. The molecular weight excluding hydrogens is 325 g/mol. The van der Waals surface area contributed by atoms with Crippen LogP contribution in [0.3, 0.4) is 0 Å². The number of carbonyl (C=O) groups is 1. The predicted molar refractivity (Wildman–Crippen MR) is 91.3 cm³/mol. The van der Waals surface area contributed by atoms with Gasteiger partial charge in [0.25, 0.3) is 0 Å². The van der Waals surface area contributed by atoms with Gasteiger partial charge in [0.1, 0.15) is 5.75 Å². The number of pyridine rings is 1. The van der Waals surface area contributed by atoms with Crippen molar-refractivity contribution < 1.29 is 23.4 Å². The average Bonchev–Trinajstić information content (AvgIpc) is 2.62. The topological polar surface area (TPSA) is 57.7 Å². The molecule has 128 valence electrons. The maximum Gasteiger partial charge on any atom is 0.173 e. The molecule has 0 radical (unpaired) electrons. The molecule has 3 rings (SSSR count). The molecule has 0 unspecified atom stereocenters. The lowest BCUT2D eigenvalue weighted by atomic mass is 10.1. The molecule has 0 aliphatic heterocycles. The number of ether oxygens (including phenoxy) is 3. The molecule has 2 aromatic carbocycles. The van der Waals surface area contributed by atoms with Gasteiger partial charge in [-0.3, -0.25) is 9.78 Å². The van der Waals surface area contributed by atoms with Crippen molar-refractivity contribution in [3.8, 4) is 23.0 Å². The van der Waals surface area contributed by atoms with E-state index < -0.39 is 5.82 Å². The summed E-state index contributed by atoms with van der Waals surface area (Å²) in [5.41, 5.74) is 0.765. The van der Waals surface area contributed by atoms with E-state index in [1.807, 2.05) is 0 Å². The highest BCUT2D eigenvalue weighted by Crippen LogP contribution is 2.38. The first kappa shape index (κ1) is 16.7. The van der Waals surface area contributed by atoms with Crippen LogP contribution in [-0.4, -0.2) is 25.0 Å². The third-order valence-electron chi connectivity index (χ3n) is 3.77. The van der Waals surface area contributed by atoms with Gasteiger partial charge in [-0.25, -0.2) is 4.39 Å². The number of hydrogen-bond donors (Lipinski definition) is 0. The fraction of sp³-hybridized carbons (Fsp3) is 0.158. The number of rotatable bonds is 5. The molecule has 25 heavy (non-hydrogen) atoms. The smallest absolute Gasteiger partial charge is 0.173 e. The fourth-order valence-corrected chi connectivity index (χ4v) is 2.54. The summed E-state index contributed by atoms with van der Waals surface area (Å²) in [6.07, 6.45) is 1.54. The molecule has 6 heteroatoms. The van der Waals surface area contributed by atoms with E-state index in [1.165, 1.54) is 45.5 Å². The second-order valence-corrected chi connectivity index (χ2v) is 5.31. The number of halogens is 1. The number of fused-ring (bicyclic) bond motifs is 1. The number of ketones is 1. The third-order valence-corrected chi connectivity index (χ3v) is 3.77. The zero-order chi connectivity index (χ0) is 18.0. The van der Waals surface area contributed by atoms with Crippen molar-refractivity contribution >= 4 is 16.7 Å². The normalized spacial score (nSPS) is 10.6. The Kier molecular flexibility index (Phi) is 4.52. The molecule has 0 fully saturated rings. The van der Waals surface area contributed by atoms with Crippen molar-refractivity contribution in [1.82, 2.24) is 4.98 Å². The summed E-state index contributed by atoms with van der Waals surface area (Å²) in [5.74, 6) is 0.365. The molecule has 0 saturated heterocycles. The Hall–Kier alpha value is -3.15. The molecule has 0 N–H and O–H groups in total. The minimum absolute atomic E-state index is 0.114. The number of hydrogen-bond acceptors (Lipinski definition) is 5. The number of carbonyl (C=O) groups excluding carboxylic acids is 1. The summed E-state index contributed by atoms with van der Waals surface area (Å²) in [5, 5.41) is 0.609. The zero-order valence-corrected chi connectivity index (χ0v) is 14.0. The van der Waals surface area contributed by atoms with Gasteiger partial charge in [-0.2, -0.15) is 0 Å². The largest absolute Gasteiger partial charge is 0.493 e. The molecule has 0 aliphatic rings. The quantitative estimate of drug-likeness (QED) is 0.644. The first-order valence-corrected chi connectivity index (χ1v) is 7.53. The van der Waals surface area contributed by atoms with Gasteiger partial charge in [-0.1, -0.05) is 6.07 Å². The Balaban J connectivity index is 2.16. The van der Waals surface area contributed by atoms with Gasteiger partial charge < -0.3 is 14.2 Å². The van der Waals surface area contributed by atoms with Crippen LogP contribution in [0.2, 0.25) is 0 Å². The molecule has 0 amide bonds. The lowest BCUT2D eigenvalue weighted by Crippen LogP contribution is -2.00. The highest BCUT2D eigenvalue weighted by Gasteiger charge is 2.17. The van der Waals surface area contributed by atoms with E-state index in [0.717, 1.165) is 0 Å². The summed E-state index contributed by atoms with van der Waals surface area (Å²) < 4.78 is 30.5. The molecule has 0 spiro atoms. The first-order chi connectivity index (χ1) is 12.0. The molecular formula is C19H16FNO4. The van der Waals surface area contributed by atoms with Crippen LogP contribution in [0.15, 0.2) is 42.6 Å². The summed E-state index contributed by atoms with van der Waals surface area (Å²) in [6, 6.07) is 9.24. The van der Waals surface area contributed by atoms with E-state index in [4.69, 9.17) is 14.2 Å². The standard InChI is InChI=1S/C19H16FNO4/c1-11(22)12-5-4-6-14(20)19(12)25-16-7-8-21-15-10-18(24-3)17(23-2)9-13(15)16/h4-10H,1-3H3. The van der Waals surface area contributed by atoms with Crippen molar-refractivity contribution in [3.05, 3.63) is 54.0 Å². The first-order valence-electron chi connectivity index (χ1n) is 7.53. The fourth-order valence-electron chi connectivity index (χ4n) is 2.54. The number of para-hydroxylation sites is 1. The van der Waals surface area contributed by atoms with Crippen LogP contribution >= 0.6 is 0 Å². The lowest BCUT2D eigenvalue weighted by molar-refractivity contribution is 0.101. The molecule has 1 heterocycles. The van der Waals surface area contributed by atoms with Crippen LogP contribution in [0.1, 0.15) is 17.3 Å². The van der Waals surface area contributed by atoms with Crippen molar-refractivity contribution in [2.45, 2.75) is 6.92 Å². The highest BCUT2D eigenvalue weighted by atomic mass is 19.1. The predicted octanol–water partition coefficient (Wildman–Crippen LogP) is 4.39. The monoisotopic (exact) mass is 341 g/mol. The summed E-state index contributed by atoms with van der Waals surface area (Å²) >= 11 is 0. The van der Waals surface area contributed by atoms with Crippen molar-refractivity contribution in [1.29, 1.82) is 0 Å². The number of Topliss-reactive ketones (excluding diaryl/α,β-unsaturated/α-hetero) is 1. The Morgan fingerprint density at radius 3 is 2.44 bits per heavy atom. The van der Waals surface area contributed by atoms with Crippen molar-refractivity contribution in [2.24, 2.45) is 0 Å². The average molecular weight is 341 g/mol. The molecule has 3 aromatic rings. The third kappa shape index (κ3) is 3.10. The number of benzene rings is 2. The van der Waals surface area contributed by atoms with E-state index in [-0.39, 0.29) is 17.1 Å². The van der Waals surface area contributed by atoms with Crippen LogP contribution in [-0.2, 0) is 0 Å². The Morgan fingerprint density at radius 1 is 1.04 bits per heavy atom. The molecule has 0 aliphatic carbocycles. The molecule has 1 aromatic heterocycles. The second kappa shape index (κ2) is 6.76. The number of nitrogens with zero attached hydrogens (tertiary/aromatic N) is 1. The van der Waals surface area contributed by atoms with E-state index in [0.29, 0.717) is 28.2 Å². The molecule has 0 atom stereocenters. The number of aromatic nitrogens is 1. The van der Waals surface area contributed by atoms with Gasteiger partial charge in [0.05, 0.1) is 25.3 Å². The van der Waals surface area contributed by atoms with E-state index in [1.54, 1.807) is 18.2 Å². The van der Waals surface area contributed by atoms with E-state index >= 15 is 0 Å². The van der Waals surface area contributed by atoms with E-state index in [2.05, 4.69) is 4.98 Å². The lowest BCUT2D eigenvalue weighted by Gasteiger charge is -2.14. The Morgan fingerprint density at radius 2 is 1.76 bits per heavy atom. The minimum Gasteiger partial charge on any atom is -0.493 e. The Bertz CT molecular complexity index is 956. The van der Waals surface area contributed by atoms with Crippen LogP contribution < -0.4 is 14.2 Å². The van der Waals surface area contributed by atoms with Crippen LogP contribution in [0.25, 0.3) is 10.9 Å². The van der Waals surface area contributed by atoms with Crippen molar-refractivity contribution in [2.75, 3.05) is 14.2 Å². The SMILES string of the molecule is COc1cc2nccc(Oc3c(F)cccc3C(C)=O)c2cc1OC. The maximum absolute atomic E-state index is 14.2. The van der Waals surface area contributed by atoms with Crippen LogP contribution in [0.5, 0.6) is 23.0 Å². The zero-order valence-electron chi connectivity index (χ0n) is 14.0. The highest BCUT2D eigenvalue weighted by molar-refractivity contribution is 5.97. The van der Waals surface area contributed by atoms with Gasteiger partial charge in [0, 0.05) is 17.6 Å². The molecule has 5 nitrogen and oxygen atoms in total. The van der Waals surface area contributed by atoms with Gasteiger partial charge in [0.2, 0.25) is 0 Å². The van der Waals surface area contributed by atoms with Gasteiger partial charge in [-0.05, 0) is 31.2 Å². The summed E-state index contributed by atoms with van der Waals surface area (Å²) in [6.45, 7) is 1.36.